The van der Waals surface area contributed by atoms with E-state index in [2.05, 4.69) is 66.9 Å². The molecule has 2 nitrogen and oxygen atoms in total. The molecular weight excluding hydrogens is 264 g/mol. The number of hydrogen-bond donors (Lipinski definition) is 2. The maximum Gasteiger partial charge on any atom is 0.170 e. The van der Waals surface area contributed by atoms with E-state index in [1.54, 1.807) is 0 Å². The Labute approximate surface area is 126 Å². The zero-order valence-corrected chi connectivity index (χ0v) is 12.8. The molecule has 2 aromatic rings. The highest BCUT2D eigenvalue weighted by Crippen LogP contribution is 2.19. The Bertz CT molecular complexity index is 559. The fraction of sp³-hybridized carbons (Fsp3) is 0.235. The third kappa shape index (κ3) is 4.07. The van der Waals surface area contributed by atoms with Gasteiger partial charge in [-0.25, -0.2) is 0 Å². The van der Waals surface area contributed by atoms with E-state index in [9.17, 15) is 0 Å². The molecule has 0 aliphatic heterocycles. The molecule has 0 saturated carbocycles. The van der Waals surface area contributed by atoms with Crippen LogP contribution in [0.4, 0.5) is 5.69 Å². The van der Waals surface area contributed by atoms with Crippen LogP contribution in [0.3, 0.4) is 0 Å². The summed E-state index contributed by atoms with van der Waals surface area (Å²) in [6.45, 7) is 5.00. The average Bonchev–Trinajstić information content (AvgIpc) is 2.44. The van der Waals surface area contributed by atoms with Crippen LogP contribution < -0.4 is 10.6 Å². The fourth-order valence-electron chi connectivity index (χ4n) is 2.13. The van der Waals surface area contributed by atoms with Crippen LogP contribution in [0.25, 0.3) is 0 Å². The SMILES string of the molecule is Cc1cccc(C)c1NC(=S)NCCc1ccccc1. The highest BCUT2D eigenvalue weighted by atomic mass is 32.1. The summed E-state index contributed by atoms with van der Waals surface area (Å²) in [6.07, 6.45) is 0.968. The lowest BCUT2D eigenvalue weighted by molar-refractivity contribution is 0.873. The minimum atomic E-state index is 0.679. The van der Waals surface area contributed by atoms with Gasteiger partial charge in [0, 0.05) is 12.2 Å². The lowest BCUT2D eigenvalue weighted by Crippen LogP contribution is -2.30. The van der Waals surface area contributed by atoms with E-state index in [0.29, 0.717) is 5.11 Å². The number of aryl methyl sites for hydroxylation is 2. The summed E-state index contributed by atoms with van der Waals surface area (Å²) in [5, 5.41) is 7.22. The minimum absolute atomic E-state index is 0.679. The van der Waals surface area contributed by atoms with E-state index >= 15 is 0 Å². The van der Waals surface area contributed by atoms with Crippen LogP contribution in [0.1, 0.15) is 16.7 Å². The van der Waals surface area contributed by atoms with Crippen LogP contribution in [0, 0.1) is 13.8 Å². The first kappa shape index (κ1) is 14.5. The Hall–Kier alpha value is -1.87. The second-order valence-electron chi connectivity index (χ2n) is 4.88. The van der Waals surface area contributed by atoms with Crippen molar-refractivity contribution in [1.29, 1.82) is 0 Å². The van der Waals surface area contributed by atoms with Gasteiger partial charge in [-0.1, -0.05) is 48.5 Å². The van der Waals surface area contributed by atoms with Gasteiger partial charge >= 0.3 is 0 Å². The number of benzene rings is 2. The molecule has 0 spiro atoms. The first-order valence-corrected chi connectivity index (χ1v) is 7.22. The van der Waals surface area contributed by atoms with Crippen LogP contribution in [0.2, 0.25) is 0 Å². The molecule has 20 heavy (non-hydrogen) atoms. The lowest BCUT2D eigenvalue weighted by Gasteiger charge is -2.14. The molecule has 3 heteroatoms. The van der Waals surface area contributed by atoms with Crippen molar-refractivity contribution in [3.63, 3.8) is 0 Å². The lowest BCUT2D eigenvalue weighted by atomic mass is 10.1. The van der Waals surface area contributed by atoms with E-state index in [0.717, 1.165) is 18.7 Å². The molecule has 0 amide bonds. The predicted octanol–water partition coefficient (Wildman–Crippen LogP) is 3.83. The molecule has 0 fully saturated rings. The second kappa shape index (κ2) is 7.06. The Morgan fingerprint density at radius 3 is 2.25 bits per heavy atom. The topological polar surface area (TPSA) is 24.1 Å². The normalized spacial score (nSPS) is 10.1. The molecule has 0 atom stereocenters. The Kier molecular flexibility index (Phi) is 5.13. The summed E-state index contributed by atoms with van der Waals surface area (Å²) in [6, 6.07) is 16.6. The summed E-state index contributed by atoms with van der Waals surface area (Å²) in [4.78, 5) is 0. The quantitative estimate of drug-likeness (QED) is 0.834. The highest BCUT2D eigenvalue weighted by Gasteiger charge is 2.03. The average molecular weight is 284 g/mol. The number of nitrogens with one attached hydrogen (secondary N) is 2. The number of hydrogen-bond acceptors (Lipinski definition) is 1. The van der Waals surface area contributed by atoms with Crippen LogP contribution >= 0.6 is 12.2 Å². The van der Waals surface area contributed by atoms with Gasteiger partial charge in [-0.15, -0.1) is 0 Å². The molecule has 0 unspecified atom stereocenters. The van der Waals surface area contributed by atoms with Crippen LogP contribution in [-0.2, 0) is 6.42 Å². The Morgan fingerprint density at radius 2 is 1.60 bits per heavy atom. The molecule has 2 aromatic carbocycles. The first-order valence-electron chi connectivity index (χ1n) is 6.82. The molecule has 0 aliphatic rings. The van der Waals surface area contributed by atoms with Crippen LogP contribution in [-0.4, -0.2) is 11.7 Å². The Balaban J connectivity index is 1.84. The summed E-state index contributed by atoms with van der Waals surface area (Å²) in [5.41, 5.74) is 4.83. The van der Waals surface area contributed by atoms with Gasteiger partial charge in [0.2, 0.25) is 0 Å². The van der Waals surface area contributed by atoms with Gasteiger partial charge in [-0.3, -0.25) is 0 Å². The largest absolute Gasteiger partial charge is 0.362 e. The molecule has 104 valence electrons. The van der Waals surface area contributed by atoms with E-state index in [4.69, 9.17) is 12.2 Å². The van der Waals surface area contributed by atoms with E-state index < -0.39 is 0 Å². The van der Waals surface area contributed by atoms with Crippen LogP contribution in [0.15, 0.2) is 48.5 Å². The number of para-hydroxylation sites is 1. The smallest absolute Gasteiger partial charge is 0.170 e. The molecule has 0 bridgehead atoms. The molecule has 2 rings (SSSR count). The number of anilines is 1. The van der Waals surface area contributed by atoms with Gasteiger partial charge in [0.25, 0.3) is 0 Å². The summed E-state index contributed by atoms with van der Waals surface area (Å²) in [7, 11) is 0. The van der Waals surface area contributed by atoms with E-state index in [1.807, 2.05) is 6.07 Å². The maximum atomic E-state index is 5.35. The summed E-state index contributed by atoms with van der Waals surface area (Å²) >= 11 is 5.35. The van der Waals surface area contributed by atoms with Gasteiger partial charge in [0.1, 0.15) is 0 Å². The number of rotatable bonds is 4. The molecule has 0 aromatic heterocycles. The van der Waals surface area contributed by atoms with Crippen molar-refractivity contribution in [2.45, 2.75) is 20.3 Å². The van der Waals surface area contributed by atoms with Crippen molar-refractivity contribution in [2.24, 2.45) is 0 Å². The zero-order chi connectivity index (χ0) is 14.4. The molecule has 2 N–H and O–H groups in total. The van der Waals surface area contributed by atoms with E-state index in [-0.39, 0.29) is 0 Å². The van der Waals surface area contributed by atoms with Crippen molar-refractivity contribution in [1.82, 2.24) is 5.32 Å². The molecule has 0 radical (unpaired) electrons. The standard InChI is InChI=1S/C17H20N2S/c1-13-7-6-8-14(2)16(13)19-17(20)18-12-11-15-9-4-3-5-10-15/h3-10H,11-12H2,1-2H3,(H2,18,19,20). The molecular formula is C17H20N2S. The maximum absolute atomic E-state index is 5.35. The molecule has 0 saturated heterocycles. The van der Waals surface area contributed by atoms with E-state index in [1.165, 1.54) is 16.7 Å². The minimum Gasteiger partial charge on any atom is -0.362 e. The Morgan fingerprint density at radius 1 is 0.950 bits per heavy atom. The third-order valence-corrected chi connectivity index (χ3v) is 3.51. The van der Waals surface area contributed by atoms with Gasteiger partial charge in [0.05, 0.1) is 0 Å². The van der Waals surface area contributed by atoms with Gasteiger partial charge < -0.3 is 10.6 Å². The highest BCUT2D eigenvalue weighted by molar-refractivity contribution is 7.80. The monoisotopic (exact) mass is 284 g/mol. The molecule has 0 aliphatic carbocycles. The van der Waals surface area contributed by atoms with Crippen LogP contribution in [0.5, 0.6) is 0 Å². The van der Waals surface area contributed by atoms with Crippen molar-refractivity contribution in [3.05, 3.63) is 65.2 Å². The van der Waals surface area contributed by atoms with Gasteiger partial charge in [0.15, 0.2) is 5.11 Å². The van der Waals surface area contributed by atoms with Crippen molar-refractivity contribution in [3.8, 4) is 0 Å². The zero-order valence-electron chi connectivity index (χ0n) is 11.9. The van der Waals surface area contributed by atoms with Crippen molar-refractivity contribution >= 4 is 23.0 Å². The second-order valence-corrected chi connectivity index (χ2v) is 5.29. The van der Waals surface area contributed by atoms with Crippen molar-refractivity contribution in [2.75, 3.05) is 11.9 Å². The third-order valence-electron chi connectivity index (χ3n) is 3.26. The number of thiocarbonyl (C=S) groups is 1. The van der Waals surface area contributed by atoms with Gasteiger partial charge in [-0.2, -0.15) is 0 Å². The summed E-state index contributed by atoms with van der Waals surface area (Å²) < 4.78 is 0. The predicted molar refractivity (Wildman–Crippen MR) is 90.3 cm³/mol. The van der Waals surface area contributed by atoms with Crippen molar-refractivity contribution < 1.29 is 0 Å². The summed E-state index contributed by atoms with van der Waals surface area (Å²) in [5.74, 6) is 0. The molecule has 0 heterocycles. The fourth-order valence-corrected chi connectivity index (χ4v) is 2.34. The van der Waals surface area contributed by atoms with Gasteiger partial charge in [-0.05, 0) is 49.2 Å². The first-order chi connectivity index (χ1) is 9.66.